The molecule has 2 amide bonds. The molecule has 1 aromatic heterocycles. The van der Waals surface area contributed by atoms with Crippen molar-refractivity contribution in [2.75, 3.05) is 5.32 Å². The Labute approximate surface area is 157 Å². The zero-order valence-corrected chi connectivity index (χ0v) is 15.0. The number of benzene rings is 1. The van der Waals surface area contributed by atoms with Crippen molar-refractivity contribution in [1.82, 2.24) is 5.32 Å². The van der Waals surface area contributed by atoms with Crippen LogP contribution in [0.4, 0.5) is 10.7 Å². The molecular formula is C16H14N4O4S2. The van der Waals surface area contributed by atoms with Crippen molar-refractivity contribution in [2.24, 2.45) is 5.73 Å². The van der Waals surface area contributed by atoms with Gasteiger partial charge < -0.3 is 11.1 Å². The smallest absolute Gasteiger partial charge is 0.270 e. The number of thiocarbonyl (C=S) groups is 1. The number of non-ortho nitro benzene ring substituents is 1. The van der Waals surface area contributed by atoms with Gasteiger partial charge in [-0.1, -0.05) is 6.07 Å². The number of amides is 2. The lowest BCUT2D eigenvalue weighted by atomic mass is 10.1. The van der Waals surface area contributed by atoms with Gasteiger partial charge in [-0.3, -0.25) is 25.0 Å². The maximum Gasteiger partial charge on any atom is 0.270 e. The third-order valence-corrected chi connectivity index (χ3v) is 5.35. The molecule has 0 bridgehead atoms. The fraction of sp³-hybridized carbons (Fsp3) is 0.188. The van der Waals surface area contributed by atoms with Gasteiger partial charge in [-0.05, 0) is 43.1 Å². The Morgan fingerprint density at radius 1 is 1.31 bits per heavy atom. The predicted molar refractivity (Wildman–Crippen MR) is 102 cm³/mol. The highest BCUT2D eigenvalue weighted by molar-refractivity contribution is 7.80. The van der Waals surface area contributed by atoms with Crippen LogP contribution in [0.15, 0.2) is 24.3 Å². The number of aryl methyl sites for hydroxylation is 1. The molecule has 0 fully saturated rings. The van der Waals surface area contributed by atoms with Gasteiger partial charge in [0.05, 0.1) is 10.5 Å². The Morgan fingerprint density at radius 2 is 2.08 bits per heavy atom. The van der Waals surface area contributed by atoms with E-state index in [1.54, 1.807) is 0 Å². The summed E-state index contributed by atoms with van der Waals surface area (Å²) in [6.07, 6.45) is 2.66. The number of nitro benzene ring substituents is 1. The molecule has 0 atom stereocenters. The molecule has 1 aliphatic rings. The first-order valence-electron chi connectivity index (χ1n) is 7.68. The highest BCUT2D eigenvalue weighted by atomic mass is 32.1. The molecule has 8 nitrogen and oxygen atoms in total. The number of hydrogen-bond donors (Lipinski definition) is 3. The van der Waals surface area contributed by atoms with Crippen molar-refractivity contribution in [3.63, 3.8) is 0 Å². The van der Waals surface area contributed by atoms with Gasteiger partial charge in [0, 0.05) is 22.6 Å². The van der Waals surface area contributed by atoms with E-state index < -0.39 is 16.7 Å². The summed E-state index contributed by atoms with van der Waals surface area (Å²) in [5.41, 5.74) is 6.74. The van der Waals surface area contributed by atoms with Crippen molar-refractivity contribution < 1.29 is 14.5 Å². The molecule has 134 valence electrons. The summed E-state index contributed by atoms with van der Waals surface area (Å²) in [6, 6.07) is 5.31. The van der Waals surface area contributed by atoms with Crippen molar-refractivity contribution in [3.8, 4) is 0 Å². The van der Waals surface area contributed by atoms with E-state index in [0.717, 1.165) is 35.8 Å². The summed E-state index contributed by atoms with van der Waals surface area (Å²) < 4.78 is 0. The number of primary amides is 1. The van der Waals surface area contributed by atoms with E-state index in [9.17, 15) is 19.7 Å². The van der Waals surface area contributed by atoms with Crippen molar-refractivity contribution >= 4 is 51.2 Å². The number of nitrogens with zero attached hydrogens (tertiary/aromatic N) is 1. The standard InChI is InChI=1S/C16H14N4O4S2/c17-13(21)12-10-5-2-6-11(10)26-15(12)19-16(25)18-14(22)8-3-1-4-9(7-8)20(23)24/h1,3-4,7H,2,5-6H2,(H2,17,21)(H2,18,19,22,25). The molecule has 2 aromatic rings. The van der Waals surface area contributed by atoms with Gasteiger partial charge in [0.1, 0.15) is 5.00 Å². The molecule has 0 radical (unpaired) electrons. The minimum Gasteiger partial charge on any atom is -0.365 e. The van der Waals surface area contributed by atoms with E-state index in [1.807, 2.05) is 0 Å². The summed E-state index contributed by atoms with van der Waals surface area (Å²) >= 11 is 6.52. The fourth-order valence-corrected chi connectivity index (χ4v) is 4.38. The third kappa shape index (κ3) is 3.55. The number of hydrogen-bond acceptors (Lipinski definition) is 6. The van der Waals surface area contributed by atoms with E-state index in [-0.39, 0.29) is 16.4 Å². The molecule has 0 spiro atoms. The van der Waals surface area contributed by atoms with Gasteiger partial charge in [0.15, 0.2) is 5.11 Å². The van der Waals surface area contributed by atoms with Crippen LogP contribution in [0.2, 0.25) is 0 Å². The average Bonchev–Trinajstić information content (AvgIpc) is 3.14. The fourth-order valence-electron chi connectivity index (χ4n) is 2.82. The zero-order chi connectivity index (χ0) is 18.8. The summed E-state index contributed by atoms with van der Waals surface area (Å²) in [5.74, 6) is -1.13. The van der Waals surface area contributed by atoms with Gasteiger partial charge in [0.25, 0.3) is 17.5 Å². The first-order chi connectivity index (χ1) is 12.4. The Balaban J connectivity index is 1.74. The Kier molecular flexibility index (Phi) is 4.96. The minimum atomic E-state index is -0.587. The Hall–Kier alpha value is -2.85. The molecule has 10 heteroatoms. The monoisotopic (exact) mass is 390 g/mol. The maximum absolute atomic E-state index is 12.2. The molecule has 3 rings (SSSR count). The number of nitrogens with two attached hydrogens (primary N) is 1. The second-order valence-corrected chi connectivity index (χ2v) is 7.15. The molecular weight excluding hydrogens is 376 g/mol. The minimum absolute atomic E-state index is 0.0103. The molecule has 1 aliphatic carbocycles. The first kappa shape index (κ1) is 18.0. The average molecular weight is 390 g/mol. The lowest BCUT2D eigenvalue weighted by molar-refractivity contribution is -0.384. The summed E-state index contributed by atoms with van der Waals surface area (Å²) in [7, 11) is 0. The molecule has 1 aromatic carbocycles. The summed E-state index contributed by atoms with van der Waals surface area (Å²) in [4.78, 5) is 35.3. The molecule has 0 unspecified atom stereocenters. The van der Waals surface area contributed by atoms with Crippen LogP contribution in [0.5, 0.6) is 0 Å². The normalized spacial score (nSPS) is 12.3. The topological polar surface area (TPSA) is 127 Å². The van der Waals surface area contributed by atoms with E-state index in [2.05, 4.69) is 10.6 Å². The number of carbonyl (C=O) groups excluding carboxylic acids is 2. The van der Waals surface area contributed by atoms with Crippen molar-refractivity contribution in [3.05, 3.63) is 55.9 Å². The van der Waals surface area contributed by atoms with Crippen molar-refractivity contribution in [2.45, 2.75) is 19.3 Å². The number of nitrogens with one attached hydrogen (secondary N) is 2. The highest BCUT2D eigenvalue weighted by Gasteiger charge is 2.26. The van der Waals surface area contributed by atoms with E-state index in [4.69, 9.17) is 18.0 Å². The third-order valence-electron chi connectivity index (χ3n) is 3.94. The summed E-state index contributed by atoms with van der Waals surface area (Å²) in [6.45, 7) is 0. The predicted octanol–water partition coefficient (Wildman–Crippen LogP) is 2.37. The molecule has 1 heterocycles. The molecule has 26 heavy (non-hydrogen) atoms. The maximum atomic E-state index is 12.2. The van der Waals surface area contributed by atoms with Crippen LogP contribution in [0, 0.1) is 10.1 Å². The van der Waals surface area contributed by atoms with Crippen molar-refractivity contribution in [1.29, 1.82) is 0 Å². The molecule has 4 N–H and O–H groups in total. The van der Waals surface area contributed by atoms with Crippen LogP contribution in [-0.4, -0.2) is 21.9 Å². The molecule has 0 aliphatic heterocycles. The van der Waals surface area contributed by atoms with Crippen LogP contribution >= 0.6 is 23.6 Å². The number of carbonyl (C=O) groups is 2. The molecule has 0 saturated heterocycles. The lowest BCUT2D eigenvalue weighted by Gasteiger charge is -2.10. The lowest BCUT2D eigenvalue weighted by Crippen LogP contribution is -2.34. The van der Waals surface area contributed by atoms with E-state index >= 15 is 0 Å². The molecule has 0 saturated carbocycles. The SMILES string of the molecule is NC(=O)c1c(NC(=S)NC(=O)c2cccc([N+](=O)[O-])c2)sc2c1CCC2. The van der Waals surface area contributed by atoms with Crippen LogP contribution < -0.4 is 16.4 Å². The van der Waals surface area contributed by atoms with E-state index in [0.29, 0.717) is 10.6 Å². The van der Waals surface area contributed by atoms with Crippen LogP contribution in [0.3, 0.4) is 0 Å². The van der Waals surface area contributed by atoms with Gasteiger partial charge >= 0.3 is 0 Å². The Bertz CT molecular complexity index is 938. The number of anilines is 1. The number of fused-ring (bicyclic) bond motifs is 1. The number of thiophene rings is 1. The van der Waals surface area contributed by atoms with Gasteiger partial charge in [-0.25, -0.2) is 0 Å². The second-order valence-electron chi connectivity index (χ2n) is 5.64. The zero-order valence-electron chi connectivity index (χ0n) is 13.4. The van der Waals surface area contributed by atoms with Gasteiger partial charge in [-0.2, -0.15) is 0 Å². The number of nitro groups is 1. The van der Waals surface area contributed by atoms with Gasteiger partial charge in [0.2, 0.25) is 0 Å². The van der Waals surface area contributed by atoms with Crippen LogP contribution in [0.25, 0.3) is 0 Å². The van der Waals surface area contributed by atoms with Crippen LogP contribution in [0.1, 0.15) is 37.6 Å². The quantitative estimate of drug-likeness (QED) is 0.418. The number of rotatable bonds is 4. The second kappa shape index (κ2) is 7.18. The Morgan fingerprint density at radius 3 is 2.77 bits per heavy atom. The largest absolute Gasteiger partial charge is 0.365 e. The highest BCUT2D eigenvalue weighted by Crippen LogP contribution is 2.38. The first-order valence-corrected chi connectivity index (χ1v) is 8.90. The van der Waals surface area contributed by atoms with Gasteiger partial charge in [-0.15, -0.1) is 11.3 Å². The van der Waals surface area contributed by atoms with E-state index in [1.165, 1.54) is 29.5 Å². The summed E-state index contributed by atoms with van der Waals surface area (Å²) in [5, 5.41) is 16.6. The van der Waals surface area contributed by atoms with Crippen LogP contribution in [-0.2, 0) is 12.8 Å².